The minimum Gasteiger partial charge on any atom is -0.369 e. The monoisotopic (exact) mass is 528 g/mol. The number of nitrogens with one attached hydrogen (secondary N) is 1. The molecule has 3 aliphatic heterocycles. The second-order valence-corrected chi connectivity index (χ2v) is 10.3. The Morgan fingerprint density at radius 3 is 2.21 bits per heavy atom. The largest absolute Gasteiger partial charge is 0.369 e. The third-order valence-electron chi connectivity index (χ3n) is 7.44. The van der Waals surface area contributed by atoms with Gasteiger partial charge in [0.25, 0.3) is 0 Å². The number of halogens is 2. The molecule has 0 saturated carbocycles. The van der Waals surface area contributed by atoms with Gasteiger partial charge in [0.15, 0.2) is 0 Å². The first-order valence-corrected chi connectivity index (χ1v) is 12.9. The van der Waals surface area contributed by atoms with Gasteiger partial charge in [0, 0.05) is 61.9 Å². The molecule has 0 radical (unpaired) electrons. The van der Waals surface area contributed by atoms with Crippen LogP contribution in [0.4, 0.5) is 15.8 Å². The molecule has 6 nitrogen and oxygen atoms in total. The summed E-state index contributed by atoms with van der Waals surface area (Å²) in [5.41, 5.74) is 2.52. The molecule has 3 aliphatic rings. The van der Waals surface area contributed by atoms with Crippen molar-refractivity contribution in [2.45, 2.75) is 37.6 Å². The molecule has 0 bridgehead atoms. The maximum absolute atomic E-state index is 15.0. The van der Waals surface area contributed by atoms with Gasteiger partial charge >= 0.3 is 0 Å². The number of piperazine rings is 1. The molecule has 1 unspecified atom stereocenters. The summed E-state index contributed by atoms with van der Waals surface area (Å²) in [6, 6.07) is 14.2. The van der Waals surface area contributed by atoms with Crippen molar-refractivity contribution in [3.05, 3.63) is 58.3 Å². The number of benzene rings is 2. The van der Waals surface area contributed by atoms with E-state index in [1.54, 1.807) is 6.07 Å². The lowest BCUT2D eigenvalue weighted by molar-refractivity contribution is -0.134. The third kappa shape index (κ3) is 4.98. The molecule has 8 heteroatoms. The second kappa shape index (κ2) is 10.0. The predicted octanol–water partition coefficient (Wildman–Crippen LogP) is 3.90. The predicted molar refractivity (Wildman–Crippen MR) is 135 cm³/mol. The second-order valence-electron chi connectivity index (χ2n) is 9.43. The molecule has 2 aromatic rings. The van der Waals surface area contributed by atoms with Gasteiger partial charge in [0.05, 0.1) is 11.6 Å². The van der Waals surface area contributed by atoms with E-state index in [-0.39, 0.29) is 17.6 Å². The zero-order valence-electron chi connectivity index (χ0n) is 19.2. The van der Waals surface area contributed by atoms with Gasteiger partial charge in [-0.2, -0.15) is 0 Å². The SMILES string of the molecule is O=C1CCC(c2ccc(N3CCC(N4CCN(c5ccc(Br)cc5)CC4)CC3)c(F)c2)C(=O)N1. The van der Waals surface area contributed by atoms with Crippen molar-refractivity contribution in [1.29, 1.82) is 0 Å². The quantitative estimate of drug-likeness (QED) is 0.610. The number of hydrogen-bond donors (Lipinski definition) is 1. The Morgan fingerprint density at radius 2 is 1.56 bits per heavy atom. The first kappa shape index (κ1) is 23.3. The van der Waals surface area contributed by atoms with E-state index in [0.717, 1.165) is 56.6 Å². The Labute approximate surface area is 208 Å². The van der Waals surface area contributed by atoms with E-state index < -0.39 is 5.92 Å². The van der Waals surface area contributed by atoms with Gasteiger partial charge in [-0.25, -0.2) is 4.39 Å². The number of carbonyl (C=O) groups excluding carboxylic acids is 2. The van der Waals surface area contributed by atoms with Crippen LogP contribution in [0.25, 0.3) is 0 Å². The molecule has 180 valence electrons. The minimum atomic E-state index is -0.455. The molecule has 3 fully saturated rings. The summed E-state index contributed by atoms with van der Waals surface area (Å²) in [7, 11) is 0. The van der Waals surface area contributed by atoms with Crippen LogP contribution in [-0.2, 0) is 9.59 Å². The molecule has 5 rings (SSSR count). The normalized spacial score (nSPS) is 22.7. The van der Waals surface area contributed by atoms with Crippen molar-refractivity contribution in [2.75, 3.05) is 49.1 Å². The first-order chi connectivity index (χ1) is 16.5. The summed E-state index contributed by atoms with van der Waals surface area (Å²) in [6.07, 6.45) is 2.77. The average molecular weight is 529 g/mol. The molecule has 0 spiro atoms. The van der Waals surface area contributed by atoms with E-state index in [0.29, 0.717) is 30.1 Å². The number of hydrogen-bond acceptors (Lipinski definition) is 5. The Kier molecular flexibility index (Phi) is 6.88. The van der Waals surface area contributed by atoms with Crippen molar-refractivity contribution >= 4 is 39.1 Å². The Balaban J connectivity index is 1.14. The average Bonchev–Trinajstić information content (AvgIpc) is 2.85. The number of anilines is 2. The van der Waals surface area contributed by atoms with Crippen LogP contribution in [0.2, 0.25) is 0 Å². The molecule has 2 aromatic carbocycles. The highest BCUT2D eigenvalue weighted by Gasteiger charge is 2.31. The molecule has 0 aliphatic carbocycles. The van der Waals surface area contributed by atoms with Crippen LogP contribution in [0, 0.1) is 5.82 Å². The fourth-order valence-electron chi connectivity index (χ4n) is 5.48. The molecular formula is C26H30BrFN4O2. The van der Waals surface area contributed by atoms with Crippen molar-refractivity contribution in [3.8, 4) is 0 Å². The summed E-state index contributed by atoms with van der Waals surface area (Å²) in [6.45, 7) is 5.81. The van der Waals surface area contributed by atoms with Crippen LogP contribution in [0.3, 0.4) is 0 Å². The number of imide groups is 1. The fraction of sp³-hybridized carbons (Fsp3) is 0.462. The zero-order chi connectivity index (χ0) is 23.7. The summed E-state index contributed by atoms with van der Waals surface area (Å²) < 4.78 is 16.1. The summed E-state index contributed by atoms with van der Waals surface area (Å²) >= 11 is 3.50. The number of piperidine rings is 2. The van der Waals surface area contributed by atoms with Gasteiger partial charge in [-0.3, -0.25) is 19.8 Å². The number of nitrogens with zero attached hydrogens (tertiary/aromatic N) is 3. The molecule has 1 N–H and O–H groups in total. The van der Waals surface area contributed by atoms with Gasteiger partial charge in [0.2, 0.25) is 11.8 Å². The fourth-order valence-corrected chi connectivity index (χ4v) is 5.74. The maximum Gasteiger partial charge on any atom is 0.234 e. The van der Waals surface area contributed by atoms with Crippen molar-refractivity contribution in [1.82, 2.24) is 10.2 Å². The van der Waals surface area contributed by atoms with E-state index in [2.05, 4.69) is 60.2 Å². The van der Waals surface area contributed by atoms with Crippen LogP contribution in [-0.4, -0.2) is 62.0 Å². The van der Waals surface area contributed by atoms with Crippen molar-refractivity contribution in [2.24, 2.45) is 0 Å². The highest BCUT2D eigenvalue weighted by atomic mass is 79.9. The van der Waals surface area contributed by atoms with Crippen molar-refractivity contribution < 1.29 is 14.0 Å². The van der Waals surface area contributed by atoms with E-state index in [1.807, 2.05) is 6.07 Å². The maximum atomic E-state index is 15.0. The Bertz CT molecular complexity index is 1050. The van der Waals surface area contributed by atoms with Gasteiger partial charge in [0.1, 0.15) is 5.82 Å². The topological polar surface area (TPSA) is 55.9 Å². The van der Waals surface area contributed by atoms with Gasteiger partial charge in [-0.1, -0.05) is 22.0 Å². The molecular weight excluding hydrogens is 499 g/mol. The first-order valence-electron chi connectivity index (χ1n) is 12.1. The lowest BCUT2D eigenvalue weighted by Gasteiger charge is -2.44. The Morgan fingerprint density at radius 1 is 0.853 bits per heavy atom. The van der Waals surface area contributed by atoms with Crippen LogP contribution in [0.5, 0.6) is 0 Å². The van der Waals surface area contributed by atoms with Crippen LogP contribution in [0.1, 0.15) is 37.2 Å². The third-order valence-corrected chi connectivity index (χ3v) is 7.97. The van der Waals surface area contributed by atoms with Crippen LogP contribution < -0.4 is 15.1 Å². The Hall–Kier alpha value is -2.45. The van der Waals surface area contributed by atoms with Gasteiger partial charge < -0.3 is 9.80 Å². The molecule has 1 atom stereocenters. The molecule has 34 heavy (non-hydrogen) atoms. The summed E-state index contributed by atoms with van der Waals surface area (Å²) in [5, 5.41) is 2.36. The summed E-state index contributed by atoms with van der Waals surface area (Å²) in [5.74, 6) is -1.33. The highest BCUT2D eigenvalue weighted by molar-refractivity contribution is 9.10. The minimum absolute atomic E-state index is 0.254. The van der Waals surface area contributed by atoms with Crippen LogP contribution in [0.15, 0.2) is 46.9 Å². The molecule has 3 heterocycles. The van der Waals surface area contributed by atoms with Gasteiger partial charge in [-0.05, 0) is 61.2 Å². The highest BCUT2D eigenvalue weighted by Crippen LogP contribution is 2.31. The van der Waals surface area contributed by atoms with E-state index >= 15 is 4.39 Å². The van der Waals surface area contributed by atoms with E-state index in [4.69, 9.17) is 0 Å². The number of carbonyl (C=O) groups is 2. The van der Waals surface area contributed by atoms with Crippen molar-refractivity contribution in [3.63, 3.8) is 0 Å². The lowest BCUT2D eigenvalue weighted by Crippen LogP contribution is -2.53. The zero-order valence-corrected chi connectivity index (χ0v) is 20.8. The van der Waals surface area contributed by atoms with E-state index in [9.17, 15) is 9.59 Å². The lowest BCUT2D eigenvalue weighted by atomic mass is 9.90. The number of rotatable bonds is 4. The van der Waals surface area contributed by atoms with Gasteiger partial charge in [-0.15, -0.1) is 0 Å². The molecule has 0 aromatic heterocycles. The van der Waals surface area contributed by atoms with Crippen LogP contribution >= 0.6 is 15.9 Å². The van der Waals surface area contributed by atoms with E-state index in [1.165, 1.54) is 11.8 Å². The molecule has 3 saturated heterocycles. The standard InChI is InChI=1S/C26H30BrFN4O2/c27-19-2-4-20(5-3-19)30-13-15-31(16-14-30)21-9-11-32(12-10-21)24-7-1-18(17-23(24)28)22-6-8-25(33)29-26(22)34/h1-5,7,17,21-22H,6,8-16H2,(H,29,33,34). The molecule has 2 amide bonds. The smallest absolute Gasteiger partial charge is 0.234 e. The summed E-state index contributed by atoms with van der Waals surface area (Å²) in [4.78, 5) is 30.7. The number of amides is 2.